The second-order valence-electron chi connectivity index (χ2n) is 5.53. The van der Waals surface area contributed by atoms with Crippen molar-refractivity contribution in [3.8, 4) is 0 Å². The highest BCUT2D eigenvalue weighted by Crippen LogP contribution is 2.22. The lowest BCUT2D eigenvalue weighted by atomic mass is 10.2. The fraction of sp³-hybridized carbons (Fsp3) is 0.438. The first-order valence-corrected chi connectivity index (χ1v) is 7.74. The highest BCUT2D eigenvalue weighted by Gasteiger charge is 2.36. The van der Waals surface area contributed by atoms with Gasteiger partial charge in [0.1, 0.15) is 23.4 Å². The van der Waals surface area contributed by atoms with E-state index in [1.54, 1.807) is 6.92 Å². The Bertz CT molecular complexity index is 662. The van der Waals surface area contributed by atoms with E-state index in [0.29, 0.717) is 0 Å². The van der Waals surface area contributed by atoms with Crippen molar-refractivity contribution in [3.05, 3.63) is 29.8 Å². The Hall–Kier alpha value is -2.55. The van der Waals surface area contributed by atoms with Crippen LogP contribution in [-0.2, 0) is 19.1 Å². The van der Waals surface area contributed by atoms with E-state index in [-0.39, 0.29) is 19.4 Å². The van der Waals surface area contributed by atoms with Gasteiger partial charge in [-0.15, -0.1) is 0 Å². The van der Waals surface area contributed by atoms with Gasteiger partial charge in [-0.3, -0.25) is 9.59 Å². The van der Waals surface area contributed by atoms with Crippen molar-refractivity contribution < 1.29 is 33.0 Å². The molecular formula is C16H18F2N2O5. The normalized spacial score (nSPS) is 19.5. The lowest BCUT2D eigenvalue weighted by molar-refractivity contribution is -0.155. The molecule has 1 aromatic carbocycles. The number of carboxylic acid groups (broad SMARTS) is 1. The summed E-state index contributed by atoms with van der Waals surface area (Å²) in [7, 11) is 0. The molecule has 0 saturated carbocycles. The fourth-order valence-corrected chi connectivity index (χ4v) is 2.52. The molecule has 0 spiro atoms. The molecule has 0 aromatic heterocycles. The lowest BCUT2D eigenvalue weighted by Gasteiger charge is -2.23. The van der Waals surface area contributed by atoms with Crippen LogP contribution in [0.4, 0.5) is 14.5 Å². The maximum Gasteiger partial charge on any atom is 0.332 e. The van der Waals surface area contributed by atoms with Crippen LogP contribution < -0.4 is 5.32 Å². The first-order chi connectivity index (χ1) is 11.8. The summed E-state index contributed by atoms with van der Waals surface area (Å²) >= 11 is 0. The minimum atomic E-state index is -1.15. The summed E-state index contributed by atoms with van der Waals surface area (Å²) < 4.78 is 32.2. The van der Waals surface area contributed by atoms with Crippen LogP contribution in [-0.4, -0.2) is 53.1 Å². The van der Waals surface area contributed by atoms with E-state index in [1.807, 2.05) is 0 Å². The largest absolute Gasteiger partial charge is 0.479 e. The van der Waals surface area contributed by atoms with Crippen LogP contribution in [0.15, 0.2) is 18.2 Å². The summed E-state index contributed by atoms with van der Waals surface area (Å²) in [5.74, 6) is -4.30. The van der Waals surface area contributed by atoms with E-state index in [1.165, 1.54) is 6.07 Å². The maximum atomic E-state index is 13.5. The third kappa shape index (κ3) is 4.50. The second kappa shape index (κ2) is 8.02. The SMILES string of the molecule is CCN(CC(=O)Nc1c(F)cccc1F)C(=O)[C@@H]1CC[C@H](C(=O)O)O1. The van der Waals surface area contributed by atoms with E-state index in [2.05, 4.69) is 5.32 Å². The number of carboxylic acids is 1. The monoisotopic (exact) mass is 356 g/mol. The Morgan fingerprint density at radius 1 is 1.24 bits per heavy atom. The van der Waals surface area contributed by atoms with Crippen LogP contribution in [0.3, 0.4) is 0 Å². The minimum absolute atomic E-state index is 0.156. The van der Waals surface area contributed by atoms with E-state index >= 15 is 0 Å². The number of hydrogen-bond acceptors (Lipinski definition) is 4. The van der Waals surface area contributed by atoms with Crippen LogP contribution in [0.25, 0.3) is 0 Å². The average Bonchev–Trinajstić information content (AvgIpc) is 3.06. The second-order valence-corrected chi connectivity index (χ2v) is 5.53. The Morgan fingerprint density at radius 3 is 2.36 bits per heavy atom. The topological polar surface area (TPSA) is 95.9 Å². The van der Waals surface area contributed by atoms with Crippen LogP contribution in [0.2, 0.25) is 0 Å². The number of likely N-dealkylation sites (N-methyl/N-ethyl adjacent to an activating group) is 1. The van der Waals surface area contributed by atoms with Gasteiger partial charge in [0.2, 0.25) is 5.91 Å². The highest BCUT2D eigenvalue weighted by molar-refractivity contribution is 5.95. The number of benzene rings is 1. The fourth-order valence-electron chi connectivity index (χ4n) is 2.52. The van der Waals surface area contributed by atoms with Gasteiger partial charge < -0.3 is 20.1 Å². The predicted octanol–water partition coefficient (Wildman–Crippen LogP) is 1.38. The van der Waals surface area contributed by atoms with Gasteiger partial charge in [0.25, 0.3) is 5.91 Å². The summed E-state index contributed by atoms with van der Waals surface area (Å²) in [6.07, 6.45) is -1.56. The van der Waals surface area contributed by atoms with Crippen LogP contribution in [0.1, 0.15) is 19.8 Å². The van der Waals surface area contributed by atoms with E-state index < -0.39 is 53.9 Å². The third-order valence-electron chi connectivity index (χ3n) is 3.83. The van der Waals surface area contributed by atoms with Gasteiger partial charge >= 0.3 is 5.97 Å². The molecule has 1 heterocycles. The zero-order chi connectivity index (χ0) is 18.6. The first kappa shape index (κ1) is 18.8. The number of aliphatic carboxylic acids is 1. The summed E-state index contributed by atoms with van der Waals surface area (Å²) in [6, 6.07) is 3.16. The summed E-state index contributed by atoms with van der Waals surface area (Å²) in [4.78, 5) is 36.4. The number of nitrogens with zero attached hydrogens (tertiary/aromatic N) is 1. The number of halogens is 2. The Morgan fingerprint density at radius 2 is 1.84 bits per heavy atom. The molecule has 1 saturated heterocycles. The van der Waals surface area contributed by atoms with Gasteiger partial charge in [-0.25, -0.2) is 13.6 Å². The Kier molecular flexibility index (Phi) is 6.02. The Balaban J connectivity index is 1.98. The van der Waals surface area contributed by atoms with Crippen LogP contribution in [0, 0.1) is 11.6 Å². The number of hydrogen-bond donors (Lipinski definition) is 2. The quantitative estimate of drug-likeness (QED) is 0.803. The number of carbonyl (C=O) groups is 3. The molecule has 1 fully saturated rings. The van der Waals surface area contributed by atoms with Gasteiger partial charge in [-0.1, -0.05) is 6.07 Å². The molecule has 1 aromatic rings. The van der Waals surface area contributed by atoms with E-state index in [9.17, 15) is 23.2 Å². The van der Waals surface area contributed by atoms with Gasteiger partial charge in [0.15, 0.2) is 6.10 Å². The zero-order valence-corrected chi connectivity index (χ0v) is 13.5. The molecule has 1 aliphatic rings. The van der Waals surface area contributed by atoms with Crippen molar-refractivity contribution in [3.63, 3.8) is 0 Å². The highest BCUT2D eigenvalue weighted by atomic mass is 19.1. The van der Waals surface area contributed by atoms with Crippen molar-refractivity contribution in [2.45, 2.75) is 32.0 Å². The first-order valence-electron chi connectivity index (χ1n) is 7.74. The Labute approximate surface area is 142 Å². The molecule has 0 bridgehead atoms. The standard InChI is InChI=1S/C16H18F2N2O5/c1-2-20(15(22)11-6-7-12(25-11)16(23)24)8-13(21)19-14-9(17)4-3-5-10(14)18/h3-5,11-12H,2,6-8H2,1H3,(H,19,21)(H,23,24)/t11-,12+/m0/s1. The molecule has 2 rings (SSSR count). The molecule has 1 aliphatic heterocycles. The summed E-state index contributed by atoms with van der Waals surface area (Å²) in [5, 5.41) is 11.0. The molecule has 2 N–H and O–H groups in total. The maximum absolute atomic E-state index is 13.5. The van der Waals surface area contributed by atoms with Gasteiger partial charge in [0.05, 0.1) is 6.54 Å². The molecule has 7 nitrogen and oxygen atoms in total. The van der Waals surface area contributed by atoms with Crippen molar-refractivity contribution >= 4 is 23.5 Å². The molecule has 0 radical (unpaired) electrons. The van der Waals surface area contributed by atoms with Gasteiger partial charge in [-0.05, 0) is 31.9 Å². The molecular weight excluding hydrogens is 338 g/mol. The molecule has 2 atom stereocenters. The molecule has 2 amide bonds. The van der Waals surface area contributed by atoms with Crippen LogP contribution >= 0.6 is 0 Å². The molecule has 0 aliphatic carbocycles. The third-order valence-corrected chi connectivity index (χ3v) is 3.83. The van der Waals surface area contributed by atoms with E-state index in [0.717, 1.165) is 17.0 Å². The summed E-state index contributed by atoms with van der Waals surface area (Å²) in [6.45, 7) is 1.35. The zero-order valence-electron chi connectivity index (χ0n) is 13.5. The summed E-state index contributed by atoms with van der Waals surface area (Å²) in [5.41, 5.74) is -0.584. The molecule has 136 valence electrons. The number of ether oxygens (including phenoxy) is 1. The number of para-hydroxylation sites is 1. The van der Waals surface area contributed by atoms with Crippen molar-refractivity contribution in [2.75, 3.05) is 18.4 Å². The van der Waals surface area contributed by atoms with Gasteiger partial charge in [0, 0.05) is 6.54 Å². The average molecular weight is 356 g/mol. The number of amides is 2. The number of anilines is 1. The molecule has 0 unspecified atom stereocenters. The van der Waals surface area contributed by atoms with Crippen molar-refractivity contribution in [2.24, 2.45) is 0 Å². The number of nitrogens with one attached hydrogen (secondary N) is 1. The molecule has 9 heteroatoms. The van der Waals surface area contributed by atoms with Gasteiger partial charge in [-0.2, -0.15) is 0 Å². The van der Waals surface area contributed by atoms with Crippen molar-refractivity contribution in [1.29, 1.82) is 0 Å². The minimum Gasteiger partial charge on any atom is -0.479 e. The number of carbonyl (C=O) groups excluding carboxylic acids is 2. The predicted molar refractivity (Wildman–Crippen MR) is 82.8 cm³/mol. The van der Waals surface area contributed by atoms with Crippen molar-refractivity contribution in [1.82, 2.24) is 4.90 Å². The number of rotatable bonds is 6. The molecule has 25 heavy (non-hydrogen) atoms. The van der Waals surface area contributed by atoms with E-state index in [4.69, 9.17) is 9.84 Å². The van der Waals surface area contributed by atoms with Crippen LogP contribution in [0.5, 0.6) is 0 Å². The smallest absolute Gasteiger partial charge is 0.332 e. The lowest BCUT2D eigenvalue weighted by Crippen LogP contribution is -2.43.